The molecular formula is C29H26Br2N4O. The van der Waals surface area contributed by atoms with E-state index in [9.17, 15) is 4.79 Å². The number of nitrogens with zero attached hydrogens (tertiary/aromatic N) is 4. The van der Waals surface area contributed by atoms with Crippen LogP contribution in [0.4, 0.5) is 0 Å². The van der Waals surface area contributed by atoms with Crippen LogP contribution in [0.25, 0.3) is 21.8 Å². The first kappa shape index (κ1) is 24.7. The maximum absolute atomic E-state index is 13.5. The van der Waals surface area contributed by atoms with Gasteiger partial charge in [0, 0.05) is 43.6 Å². The number of halogens is 2. The van der Waals surface area contributed by atoms with Crippen LogP contribution in [0.3, 0.4) is 0 Å². The molecule has 0 fully saturated rings. The van der Waals surface area contributed by atoms with Gasteiger partial charge < -0.3 is 4.57 Å². The van der Waals surface area contributed by atoms with Gasteiger partial charge >= 0.3 is 0 Å². The molecule has 5 nitrogen and oxygen atoms in total. The Hall–Kier alpha value is -3.03. The summed E-state index contributed by atoms with van der Waals surface area (Å²) in [6, 6.07) is 22.3. The highest BCUT2D eigenvalue weighted by molar-refractivity contribution is 9.10. The Morgan fingerprint density at radius 2 is 1.72 bits per heavy atom. The predicted molar refractivity (Wildman–Crippen MR) is 155 cm³/mol. The summed E-state index contributed by atoms with van der Waals surface area (Å²) in [5, 5.41) is 6.40. The van der Waals surface area contributed by atoms with Gasteiger partial charge in [0.05, 0.1) is 17.1 Å². The molecule has 36 heavy (non-hydrogen) atoms. The van der Waals surface area contributed by atoms with E-state index in [1.165, 1.54) is 10.2 Å². The molecule has 2 heterocycles. The van der Waals surface area contributed by atoms with Gasteiger partial charge in [0.1, 0.15) is 5.82 Å². The van der Waals surface area contributed by atoms with Crippen LogP contribution in [0.1, 0.15) is 48.8 Å². The lowest BCUT2D eigenvalue weighted by Gasteiger charge is -2.14. The van der Waals surface area contributed by atoms with Crippen LogP contribution in [0, 0.1) is 6.92 Å². The highest BCUT2D eigenvalue weighted by atomic mass is 79.9. The summed E-state index contributed by atoms with van der Waals surface area (Å²) in [6.07, 6.45) is 2.67. The minimum atomic E-state index is -0.163. The Labute approximate surface area is 226 Å². The van der Waals surface area contributed by atoms with Crippen LogP contribution < -0.4 is 5.56 Å². The monoisotopic (exact) mass is 604 g/mol. The number of rotatable bonds is 6. The summed E-state index contributed by atoms with van der Waals surface area (Å²) in [4.78, 5) is 18.4. The quantitative estimate of drug-likeness (QED) is 0.187. The van der Waals surface area contributed by atoms with Crippen molar-refractivity contribution in [1.29, 1.82) is 0 Å². The minimum absolute atomic E-state index is 0.0859. The molecule has 0 saturated heterocycles. The Morgan fingerprint density at radius 3 is 2.47 bits per heavy atom. The van der Waals surface area contributed by atoms with Crippen molar-refractivity contribution >= 4 is 59.9 Å². The number of hydrogen-bond donors (Lipinski definition) is 0. The van der Waals surface area contributed by atoms with Gasteiger partial charge in [-0.15, -0.1) is 0 Å². The van der Waals surface area contributed by atoms with Crippen molar-refractivity contribution in [2.75, 3.05) is 0 Å². The van der Waals surface area contributed by atoms with E-state index in [0.717, 1.165) is 44.1 Å². The van der Waals surface area contributed by atoms with Gasteiger partial charge in [0.2, 0.25) is 0 Å². The largest absolute Gasteiger partial charge is 0.340 e. The lowest BCUT2D eigenvalue weighted by atomic mass is 10.1. The lowest BCUT2D eigenvalue weighted by molar-refractivity contribution is 0.613. The molecular weight excluding hydrogens is 580 g/mol. The van der Waals surface area contributed by atoms with E-state index in [1.54, 1.807) is 0 Å². The molecule has 0 spiro atoms. The molecule has 5 aromatic rings. The molecule has 0 aliphatic rings. The van der Waals surface area contributed by atoms with E-state index in [0.29, 0.717) is 16.7 Å². The first-order valence-corrected chi connectivity index (χ1v) is 13.5. The van der Waals surface area contributed by atoms with E-state index >= 15 is 0 Å². The van der Waals surface area contributed by atoms with Crippen LogP contribution in [0.5, 0.6) is 0 Å². The van der Waals surface area contributed by atoms with Gasteiger partial charge in [-0.05, 0) is 55.3 Å². The zero-order chi connectivity index (χ0) is 25.4. The molecule has 0 saturated carbocycles. The van der Waals surface area contributed by atoms with E-state index in [2.05, 4.69) is 99.7 Å². The zero-order valence-corrected chi connectivity index (χ0v) is 23.5. The van der Waals surface area contributed by atoms with E-state index in [1.807, 2.05) is 30.5 Å². The number of hydrogen-bond acceptors (Lipinski definition) is 3. The van der Waals surface area contributed by atoms with Crippen LogP contribution in [-0.4, -0.2) is 20.4 Å². The molecule has 0 unspecified atom stereocenters. The molecule has 0 amide bonds. The van der Waals surface area contributed by atoms with Crippen molar-refractivity contribution in [2.45, 2.75) is 39.7 Å². The average Bonchev–Trinajstić information content (AvgIpc) is 3.15. The first-order valence-electron chi connectivity index (χ1n) is 12.0. The normalized spacial score (nSPS) is 12.7. The number of fused-ring (bicyclic) bond motifs is 2. The molecule has 0 aliphatic heterocycles. The first-order chi connectivity index (χ1) is 17.4. The molecule has 0 bridgehead atoms. The second-order valence-corrected chi connectivity index (χ2v) is 10.9. The third-order valence-electron chi connectivity index (χ3n) is 6.72. The Balaban J connectivity index is 1.66. The summed E-state index contributed by atoms with van der Waals surface area (Å²) < 4.78 is 5.68. The van der Waals surface area contributed by atoms with Crippen molar-refractivity contribution in [2.24, 2.45) is 5.10 Å². The summed E-state index contributed by atoms with van der Waals surface area (Å²) >= 11 is 7.00. The summed E-state index contributed by atoms with van der Waals surface area (Å²) in [5.74, 6) is 0.757. The number of benzene rings is 3. The number of aromatic nitrogens is 3. The van der Waals surface area contributed by atoms with E-state index in [4.69, 9.17) is 10.1 Å². The smallest absolute Gasteiger partial charge is 0.282 e. The maximum Gasteiger partial charge on any atom is 0.282 e. The van der Waals surface area contributed by atoms with Crippen molar-refractivity contribution in [1.82, 2.24) is 14.2 Å². The zero-order valence-electron chi connectivity index (χ0n) is 20.4. The molecule has 0 aliphatic carbocycles. The van der Waals surface area contributed by atoms with Gasteiger partial charge in [-0.2, -0.15) is 9.78 Å². The summed E-state index contributed by atoms with van der Waals surface area (Å²) in [5.41, 5.74) is 4.97. The Bertz CT molecular complexity index is 1670. The molecule has 7 heteroatoms. The van der Waals surface area contributed by atoms with Crippen LogP contribution in [0.2, 0.25) is 0 Å². The second-order valence-electron chi connectivity index (χ2n) is 9.03. The highest BCUT2D eigenvalue weighted by Crippen LogP contribution is 2.27. The fraction of sp³-hybridized carbons (Fsp3) is 0.207. The molecule has 5 rings (SSSR count). The molecule has 2 aromatic heterocycles. The maximum atomic E-state index is 13.5. The summed E-state index contributed by atoms with van der Waals surface area (Å²) in [7, 11) is 0. The number of para-hydroxylation sites is 1. The third-order valence-corrected chi connectivity index (χ3v) is 7.74. The van der Waals surface area contributed by atoms with Crippen molar-refractivity contribution in [3.8, 4) is 0 Å². The highest BCUT2D eigenvalue weighted by Gasteiger charge is 2.17. The topological polar surface area (TPSA) is 52.2 Å². The van der Waals surface area contributed by atoms with Crippen LogP contribution >= 0.6 is 31.9 Å². The molecule has 3 aromatic carbocycles. The van der Waals surface area contributed by atoms with E-state index in [-0.39, 0.29) is 11.5 Å². The molecule has 1 atom stereocenters. The van der Waals surface area contributed by atoms with Crippen molar-refractivity contribution < 1.29 is 0 Å². The molecule has 0 radical (unpaired) electrons. The van der Waals surface area contributed by atoms with Crippen molar-refractivity contribution in [3.63, 3.8) is 0 Å². The molecule has 182 valence electrons. The van der Waals surface area contributed by atoms with E-state index < -0.39 is 0 Å². The third kappa shape index (κ3) is 4.58. The van der Waals surface area contributed by atoms with Crippen LogP contribution in [0.15, 0.2) is 85.6 Å². The van der Waals surface area contributed by atoms with Gasteiger partial charge in [0.25, 0.3) is 5.56 Å². The van der Waals surface area contributed by atoms with Gasteiger partial charge in [-0.25, -0.2) is 4.98 Å². The standard InChI is InChI=1S/C29H26Br2N4O/c1-4-18(2)28-33-26-14-13-22(31)15-24(26)29(36)35(28)32-16-25-19(3)34(27-8-6-5-7-23(25)27)17-20-9-11-21(30)12-10-20/h5-16,18H,4,17H2,1-3H3/t18-/m1/s1. The average molecular weight is 606 g/mol. The van der Waals surface area contributed by atoms with Gasteiger partial charge in [-0.1, -0.05) is 76.0 Å². The Kier molecular flexibility index (Phi) is 6.95. The fourth-order valence-corrected chi connectivity index (χ4v) is 5.12. The predicted octanol–water partition coefficient (Wildman–Crippen LogP) is 7.63. The van der Waals surface area contributed by atoms with Gasteiger partial charge in [0.15, 0.2) is 0 Å². The van der Waals surface area contributed by atoms with Crippen molar-refractivity contribution in [3.05, 3.63) is 109 Å². The lowest BCUT2D eigenvalue weighted by Crippen LogP contribution is -2.23. The molecule has 0 N–H and O–H groups in total. The summed E-state index contributed by atoms with van der Waals surface area (Å²) in [6.45, 7) is 7.02. The Morgan fingerprint density at radius 1 is 1.00 bits per heavy atom. The van der Waals surface area contributed by atoms with Gasteiger partial charge in [-0.3, -0.25) is 4.79 Å². The van der Waals surface area contributed by atoms with Crippen LogP contribution in [-0.2, 0) is 6.54 Å². The fourth-order valence-electron chi connectivity index (χ4n) is 4.49. The minimum Gasteiger partial charge on any atom is -0.340 e. The SMILES string of the molecule is CC[C@@H](C)c1nc2ccc(Br)cc2c(=O)n1N=Cc1c(C)n(Cc2ccc(Br)cc2)c2ccccc12. The second kappa shape index (κ2) is 10.1.